The van der Waals surface area contributed by atoms with E-state index in [0.717, 1.165) is 12.8 Å². The van der Waals surface area contributed by atoms with Gasteiger partial charge in [-0.1, -0.05) is 6.92 Å². The van der Waals surface area contributed by atoms with Gasteiger partial charge < -0.3 is 10.4 Å². The molecule has 0 unspecified atom stereocenters. The highest BCUT2D eigenvalue weighted by molar-refractivity contribution is 5.97. The Labute approximate surface area is 144 Å². The molecule has 6 nitrogen and oxygen atoms in total. The summed E-state index contributed by atoms with van der Waals surface area (Å²) in [7, 11) is 0. The fourth-order valence-corrected chi connectivity index (χ4v) is 3.17. The Hall–Kier alpha value is -2.54. The second kappa shape index (κ2) is 7.14. The van der Waals surface area contributed by atoms with Crippen molar-refractivity contribution < 1.29 is 19.1 Å². The Kier molecular flexibility index (Phi) is 4.94. The van der Waals surface area contributed by atoms with Crippen LogP contribution in [0, 0.1) is 5.82 Å². The molecule has 1 aliphatic carbocycles. The van der Waals surface area contributed by atoms with Crippen LogP contribution in [0.5, 0.6) is 0 Å². The van der Waals surface area contributed by atoms with Crippen molar-refractivity contribution in [2.24, 2.45) is 0 Å². The van der Waals surface area contributed by atoms with Crippen molar-refractivity contribution >= 4 is 22.8 Å². The van der Waals surface area contributed by atoms with Crippen LogP contribution in [0.3, 0.4) is 0 Å². The van der Waals surface area contributed by atoms with Gasteiger partial charge in [-0.3, -0.25) is 19.5 Å². The lowest BCUT2D eigenvalue weighted by molar-refractivity contribution is -0.139. The molecule has 1 heterocycles. The van der Waals surface area contributed by atoms with E-state index in [1.54, 1.807) is 12.1 Å². The van der Waals surface area contributed by atoms with Crippen molar-refractivity contribution in [2.75, 3.05) is 13.1 Å². The number of nitrogens with one attached hydrogen (secondary N) is 1. The summed E-state index contributed by atoms with van der Waals surface area (Å²) in [5.74, 6) is -1.46. The molecule has 0 radical (unpaired) electrons. The number of benzene rings is 1. The van der Waals surface area contributed by atoms with Crippen LogP contribution in [0.25, 0.3) is 10.9 Å². The fraction of sp³-hybridized carbons (Fsp3) is 0.389. The van der Waals surface area contributed by atoms with Gasteiger partial charge >= 0.3 is 5.97 Å². The Morgan fingerprint density at radius 3 is 2.80 bits per heavy atom. The summed E-state index contributed by atoms with van der Waals surface area (Å²) in [5, 5.41) is 12.4. The zero-order valence-corrected chi connectivity index (χ0v) is 13.9. The van der Waals surface area contributed by atoms with Gasteiger partial charge in [0.15, 0.2) is 0 Å². The first-order valence-corrected chi connectivity index (χ1v) is 8.28. The van der Waals surface area contributed by atoms with Crippen molar-refractivity contribution in [3.63, 3.8) is 0 Å². The number of aromatic nitrogens is 1. The fourth-order valence-electron chi connectivity index (χ4n) is 3.17. The zero-order valence-electron chi connectivity index (χ0n) is 13.9. The van der Waals surface area contributed by atoms with Crippen molar-refractivity contribution in [3.05, 3.63) is 41.8 Å². The van der Waals surface area contributed by atoms with E-state index in [0.29, 0.717) is 23.0 Å². The molecule has 1 aliphatic rings. The maximum absolute atomic E-state index is 13.3. The third-order valence-corrected chi connectivity index (χ3v) is 4.61. The number of likely N-dealkylation sites (N-methyl/N-ethyl adjacent to an activating group) is 1. The molecule has 1 amide bonds. The highest BCUT2D eigenvalue weighted by Crippen LogP contribution is 2.26. The molecule has 0 bridgehead atoms. The van der Waals surface area contributed by atoms with Crippen LogP contribution in [0.2, 0.25) is 0 Å². The molecule has 3 rings (SSSR count). The summed E-state index contributed by atoms with van der Waals surface area (Å²) in [6, 6.07) is 6.08. The van der Waals surface area contributed by atoms with E-state index >= 15 is 0 Å². The molecule has 0 atom stereocenters. The molecule has 1 aromatic carbocycles. The van der Waals surface area contributed by atoms with Crippen LogP contribution in [-0.2, 0) is 4.79 Å². The van der Waals surface area contributed by atoms with Crippen molar-refractivity contribution in [3.8, 4) is 0 Å². The first kappa shape index (κ1) is 17.3. The number of carboxylic acid groups (broad SMARTS) is 1. The van der Waals surface area contributed by atoms with Gasteiger partial charge in [0.2, 0.25) is 0 Å². The lowest BCUT2D eigenvalue weighted by Gasteiger charge is -2.42. The third kappa shape index (κ3) is 3.93. The number of carboxylic acids is 1. The van der Waals surface area contributed by atoms with Gasteiger partial charge in [0.25, 0.3) is 5.91 Å². The standard InChI is InChI=1S/C18H20FN3O3/c1-2-22(10-17(23)24)15-7-14(8-15)21-18(25)12-5-11-6-13(19)3-4-16(11)20-9-12/h3-6,9,14-15H,2,7-8,10H2,1H3,(H,21,25)(H,23,24). The van der Waals surface area contributed by atoms with E-state index in [1.807, 2.05) is 11.8 Å². The molecule has 7 heteroatoms. The van der Waals surface area contributed by atoms with Gasteiger partial charge in [-0.2, -0.15) is 0 Å². The normalized spacial score (nSPS) is 19.6. The molecule has 1 aromatic heterocycles. The van der Waals surface area contributed by atoms with E-state index in [9.17, 15) is 14.0 Å². The quantitative estimate of drug-likeness (QED) is 0.837. The van der Waals surface area contributed by atoms with Crippen LogP contribution in [0.15, 0.2) is 30.5 Å². The Bertz CT molecular complexity index is 805. The van der Waals surface area contributed by atoms with Crippen LogP contribution in [-0.4, -0.2) is 52.0 Å². The average molecular weight is 345 g/mol. The lowest BCUT2D eigenvalue weighted by Crippen LogP contribution is -2.54. The average Bonchev–Trinajstić information content (AvgIpc) is 2.54. The molecular formula is C18H20FN3O3. The van der Waals surface area contributed by atoms with Crippen molar-refractivity contribution in [1.82, 2.24) is 15.2 Å². The number of rotatable bonds is 6. The van der Waals surface area contributed by atoms with Crippen LogP contribution in [0.1, 0.15) is 30.1 Å². The number of nitrogens with zero attached hydrogens (tertiary/aromatic N) is 2. The van der Waals surface area contributed by atoms with Crippen molar-refractivity contribution in [1.29, 1.82) is 0 Å². The Morgan fingerprint density at radius 2 is 2.12 bits per heavy atom. The number of aliphatic carboxylic acids is 1. The molecule has 2 aromatic rings. The van der Waals surface area contributed by atoms with E-state index in [-0.39, 0.29) is 30.4 Å². The molecule has 25 heavy (non-hydrogen) atoms. The summed E-state index contributed by atoms with van der Waals surface area (Å²) in [5.41, 5.74) is 1.02. The minimum absolute atomic E-state index is 0.0159. The first-order chi connectivity index (χ1) is 12.0. The predicted octanol–water partition coefficient (Wildman–Crippen LogP) is 2.04. The SMILES string of the molecule is CCN(CC(=O)O)C1CC(NC(=O)c2cnc3ccc(F)cc3c2)C1. The number of fused-ring (bicyclic) bond motifs is 1. The van der Waals surface area contributed by atoms with Crippen molar-refractivity contribution in [2.45, 2.75) is 31.8 Å². The van der Waals surface area contributed by atoms with Gasteiger partial charge in [-0.25, -0.2) is 4.39 Å². The second-order valence-corrected chi connectivity index (χ2v) is 6.31. The van der Waals surface area contributed by atoms with Gasteiger partial charge in [0.05, 0.1) is 17.6 Å². The first-order valence-electron chi connectivity index (χ1n) is 8.28. The number of pyridine rings is 1. The number of amides is 1. The largest absolute Gasteiger partial charge is 0.480 e. The monoisotopic (exact) mass is 345 g/mol. The maximum Gasteiger partial charge on any atom is 0.317 e. The molecule has 132 valence electrons. The van der Waals surface area contributed by atoms with E-state index < -0.39 is 5.97 Å². The number of hydrogen-bond donors (Lipinski definition) is 2. The van der Waals surface area contributed by atoms with Gasteiger partial charge in [0.1, 0.15) is 5.82 Å². The van der Waals surface area contributed by atoms with Gasteiger partial charge in [-0.15, -0.1) is 0 Å². The van der Waals surface area contributed by atoms with Gasteiger partial charge in [0, 0.05) is 23.7 Å². The molecular weight excluding hydrogens is 325 g/mol. The Balaban J connectivity index is 1.59. The molecule has 2 N–H and O–H groups in total. The third-order valence-electron chi connectivity index (χ3n) is 4.61. The number of carbonyl (C=O) groups excluding carboxylic acids is 1. The highest BCUT2D eigenvalue weighted by atomic mass is 19.1. The predicted molar refractivity (Wildman–Crippen MR) is 90.9 cm³/mol. The molecule has 0 saturated heterocycles. The number of hydrogen-bond acceptors (Lipinski definition) is 4. The summed E-state index contributed by atoms with van der Waals surface area (Å²) in [6.45, 7) is 2.61. The molecule has 0 spiro atoms. The zero-order chi connectivity index (χ0) is 18.0. The van der Waals surface area contributed by atoms with Crippen LogP contribution < -0.4 is 5.32 Å². The minimum atomic E-state index is -0.844. The number of halogens is 1. The van der Waals surface area contributed by atoms with E-state index in [2.05, 4.69) is 10.3 Å². The molecule has 0 aliphatic heterocycles. The topological polar surface area (TPSA) is 82.5 Å². The van der Waals surface area contributed by atoms with Crippen LogP contribution >= 0.6 is 0 Å². The van der Waals surface area contributed by atoms with Crippen LogP contribution in [0.4, 0.5) is 4.39 Å². The van der Waals surface area contributed by atoms with E-state index in [1.165, 1.54) is 18.3 Å². The minimum Gasteiger partial charge on any atom is -0.480 e. The Morgan fingerprint density at radius 1 is 1.36 bits per heavy atom. The number of carbonyl (C=O) groups is 2. The highest BCUT2D eigenvalue weighted by Gasteiger charge is 2.34. The smallest absolute Gasteiger partial charge is 0.317 e. The van der Waals surface area contributed by atoms with Gasteiger partial charge in [-0.05, 0) is 43.7 Å². The summed E-state index contributed by atoms with van der Waals surface area (Å²) >= 11 is 0. The summed E-state index contributed by atoms with van der Waals surface area (Å²) in [6.07, 6.45) is 2.93. The lowest BCUT2D eigenvalue weighted by atomic mass is 9.85. The van der Waals surface area contributed by atoms with E-state index in [4.69, 9.17) is 5.11 Å². The molecule has 1 saturated carbocycles. The molecule has 1 fully saturated rings. The summed E-state index contributed by atoms with van der Waals surface area (Å²) in [4.78, 5) is 29.3. The maximum atomic E-state index is 13.3. The summed E-state index contributed by atoms with van der Waals surface area (Å²) < 4.78 is 13.3. The second-order valence-electron chi connectivity index (χ2n) is 6.31.